The summed E-state index contributed by atoms with van der Waals surface area (Å²) in [6.45, 7) is 14.4. The van der Waals surface area contributed by atoms with E-state index >= 15 is 0 Å². The number of ether oxygens (including phenoxy) is 1. The maximum Gasteiger partial charge on any atom is 0.315 e. The normalized spacial score (nSPS) is 17.2. The number of rotatable bonds is 15. The molecule has 10 N–H and O–H groups in total. The van der Waals surface area contributed by atoms with Crippen molar-refractivity contribution in [1.82, 2.24) is 30.8 Å². The first-order chi connectivity index (χ1) is 23.0. The van der Waals surface area contributed by atoms with E-state index in [4.69, 9.17) is 21.9 Å². The minimum absolute atomic E-state index is 0.0306. The predicted molar refractivity (Wildman–Crippen MR) is 192 cm³/mol. The highest BCUT2D eigenvalue weighted by Gasteiger charge is 2.34. The van der Waals surface area contributed by atoms with Crippen LogP contribution < -0.4 is 38.7 Å². The van der Waals surface area contributed by atoms with Gasteiger partial charge in [0.25, 0.3) is 5.56 Å². The van der Waals surface area contributed by atoms with Crippen LogP contribution in [0.1, 0.15) is 65.8 Å². The van der Waals surface area contributed by atoms with Crippen LogP contribution >= 0.6 is 0 Å². The van der Waals surface area contributed by atoms with Gasteiger partial charge in [0.05, 0.1) is 18.8 Å². The highest BCUT2D eigenvalue weighted by molar-refractivity contribution is 5.75. The average molecular weight is 693 g/mol. The summed E-state index contributed by atoms with van der Waals surface area (Å²) in [4.78, 5) is 37.4. The fourth-order valence-corrected chi connectivity index (χ4v) is 5.08. The zero-order valence-corrected chi connectivity index (χ0v) is 30.0. The lowest BCUT2D eigenvalue weighted by molar-refractivity contribution is 0.0607. The number of benzene rings is 1. The van der Waals surface area contributed by atoms with E-state index in [9.17, 15) is 18.4 Å². The number of hydrogen-bond acceptors (Lipinski definition) is 8. The van der Waals surface area contributed by atoms with E-state index < -0.39 is 12.8 Å². The number of H-pyrrole nitrogens is 1. The molecule has 0 saturated carbocycles. The van der Waals surface area contributed by atoms with Gasteiger partial charge in [0.15, 0.2) is 5.96 Å². The fraction of sp³-hybridized carbons (Fsp3) is 0.647. The van der Waals surface area contributed by atoms with Gasteiger partial charge in [-0.05, 0) is 51.3 Å². The monoisotopic (exact) mass is 692 g/mol. The molecule has 13 nitrogen and oxygen atoms in total. The van der Waals surface area contributed by atoms with Gasteiger partial charge in [0, 0.05) is 62.0 Å². The molecule has 0 aliphatic carbocycles. The Balaban J connectivity index is 0.000000343. The molecule has 1 fully saturated rings. The van der Waals surface area contributed by atoms with Gasteiger partial charge in [-0.3, -0.25) is 14.7 Å². The van der Waals surface area contributed by atoms with Crippen molar-refractivity contribution in [3.05, 3.63) is 52.2 Å². The molecule has 1 aliphatic heterocycles. The summed E-state index contributed by atoms with van der Waals surface area (Å²) in [6, 6.07) is 7.51. The number of halogens is 2. The molecular formula is C34H58F2N10O3. The molecule has 15 heteroatoms. The number of aliphatic imine (C=N–C) groups is 1. The van der Waals surface area contributed by atoms with Gasteiger partial charge in [0.2, 0.25) is 0 Å². The SMILES string of the molecule is CC(C)(C)NC(=O)N[C@@H]1C[C@@H](COCCF)N(C[C@@H](F)CN)C1.CC(C)(C)c1ncc(-c2ccc(CNCCCN=C(N)N)cc2)c(=O)[nH]1. The van der Waals surface area contributed by atoms with Crippen LogP contribution in [0.25, 0.3) is 11.1 Å². The van der Waals surface area contributed by atoms with Crippen LogP contribution in [0.5, 0.6) is 0 Å². The number of urea groups is 1. The number of aromatic amines is 1. The molecule has 49 heavy (non-hydrogen) atoms. The molecule has 1 aliphatic rings. The first kappa shape index (κ1) is 41.5. The predicted octanol–water partition coefficient (Wildman–Crippen LogP) is 2.30. The van der Waals surface area contributed by atoms with Crippen molar-refractivity contribution in [2.75, 3.05) is 52.6 Å². The number of likely N-dealkylation sites (tertiary alicyclic amines) is 1. The third-order valence-corrected chi connectivity index (χ3v) is 7.48. The lowest BCUT2D eigenvalue weighted by atomic mass is 9.95. The summed E-state index contributed by atoms with van der Waals surface area (Å²) >= 11 is 0. The molecule has 3 rings (SSSR count). The van der Waals surface area contributed by atoms with E-state index in [2.05, 4.69) is 30.9 Å². The minimum Gasteiger partial charge on any atom is -0.377 e. The Morgan fingerprint density at radius 1 is 1.18 bits per heavy atom. The molecule has 0 bridgehead atoms. The van der Waals surface area contributed by atoms with Gasteiger partial charge < -0.3 is 42.9 Å². The molecule has 0 radical (unpaired) electrons. The van der Waals surface area contributed by atoms with Crippen LogP contribution in [0.4, 0.5) is 13.6 Å². The summed E-state index contributed by atoms with van der Waals surface area (Å²) in [7, 11) is 0. The summed E-state index contributed by atoms with van der Waals surface area (Å²) in [5.41, 5.74) is 17.9. The molecule has 2 amide bonds. The van der Waals surface area contributed by atoms with Crippen molar-refractivity contribution in [3.8, 4) is 11.1 Å². The number of guanidine groups is 1. The smallest absolute Gasteiger partial charge is 0.315 e. The van der Waals surface area contributed by atoms with E-state index in [1.807, 2.05) is 70.7 Å². The number of alkyl halides is 2. The molecule has 2 aromatic rings. The van der Waals surface area contributed by atoms with E-state index in [-0.39, 0.29) is 60.3 Å². The highest BCUT2D eigenvalue weighted by atomic mass is 19.1. The molecule has 1 aromatic heterocycles. The average Bonchev–Trinajstić information content (AvgIpc) is 3.38. The Labute approximate surface area is 289 Å². The van der Waals surface area contributed by atoms with Crippen LogP contribution in [0, 0.1) is 0 Å². The number of aromatic nitrogens is 2. The Hall–Kier alpha value is -3.66. The number of nitrogens with one attached hydrogen (secondary N) is 4. The van der Waals surface area contributed by atoms with Crippen LogP contribution in [0.3, 0.4) is 0 Å². The van der Waals surface area contributed by atoms with Gasteiger partial charge in [-0.1, -0.05) is 45.0 Å². The number of hydrogen-bond donors (Lipinski definition) is 7. The van der Waals surface area contributed by atoms with E-state index in [0.29, 0.717) is 37.5 Å². The van der Waals surface area contributed by atoms with Crippen molar-refractivity contribution in [3.63, 3.8) is 0 Å². The Kier molecular flexibility index (Phi) is 17.0. The zero-order valence-electron chi connectivity index (χ0n) is 30.0. The topological polar surface area (TPSA) is 202 Å². The lowest BCUT2D eigenvalue weighted by Gasteiger charge is -2.25. The summed E-state index contributed by atoms with van der Waals surface area (Å²) in [5, 5.41) is 9.08. The van der Waals surface area contributed by atoms with Crippen molar-refractivity contribution >= 4 is 12.0 Å². The third kappa shape index (κ3) is 16.1. The second-order valence-corrected chi connectivity index (χ2v) is 14.2. The molecule has 0 unspecified atom stereocenters. The molecule has 2 heterocycles. The number of amides is 2. The summed E-state index contributed by atoms with van der Waals surface area (Å²) < 4.78 is 31.0. The van der Waals surface area contributed by atoms with Gasteiger partial charge >= 0.3 is 6.03 Å². The third-order valence-electron chi connectivity index (χ3n) is 7.48. The standard InChI is InChI=1S/C19H28N6O.C15H30F2N4O2/c1-19(2,3)17-24-12-15(16(26)25-17)14-7-5-13(6-8-14)11-22-9-4-10-23-18(20)21;1-15(2,3)20-14(22)19-12-6-13(10-23-5-4-16)21(9-12)8-11(17)7-18/h5-8,12,22H,4,9-11H2,1-3H3,(H4,20,21,23)(H,24,25,26);11-13H,4-10,18H2,1-3H3,(H2,19,20,22)/t;11-,12+,13-/m.0/s1. The number of nitrogens with two attached hydrogens (primary N) is 3. The van der Waals surface area contributed by atoms with Crippen molar-refractivity contribution in [2.24, 2.45) is 22.2 Å². The molecule has 0 spiro atoms. The zero-order chi connectivity index (χ0) is 36.6. The van der Waals surface area contributed by atoms with Crippen LogP contribution in [-0.4, -0.2) is 103 Å². The Morgan fingerprint density at radius 2 is 1.88 bits per heavy atom. The van der Waals surface area contributed by atoms with E-state index in [1.54, 1.807) is 6.20 Å². The molecular weight excluding hydrogens is 634 g/mol. The summed E-state index contributed by atoms with van der Waals surface area (Å²) in [6.07, 6.45) is 2.04. The van der Waals surface area contributed by atoms with Gasteiger partial charge in [-0.2, -0.15) is 0 Å². The quantitative estimate of drug-likeness (QED) is 0.0831. The van der Waals surface area contributed by atoms with E-state index in [1.165, 1.54) is 0 Å². The largest absolute Gasteiger partial charge is 0.377 e. The minimum atomic E-state index is -1.12. The molecule has 1 saturated heterocycles. The first-order valence-corrected chi connectivity index (χ1v) is 16.8. The summed E-state index contributed by atoms with van der Waals surface area (Å²) in [5.74, 6) is 0.813. The number of carbonyl (C=O) groups is 1. The van der Waals surface area contributed by atoms with E-state index in [0.717, 1.165) is 30.6 Å². The maximum atomic E-state index is 13.6. The molecule has 276 valence electrons. The van der Waals surface area contributed by atoms with Crippen LogP contribution in [-0.2, 0) is 16.7 Å². The van der Waals surface area contributed by atoms with Gasteiger partial charge in [-0.25, -0.2) is 18.6 Å². The van der Waals surface area contributed by atoms with Crippen molar-refractivity contribution in [2.45, 2.75) is 90.1 Å². The molecule has 1 aromatic carbocycles. The Morgan fingerprint density at radius 3 is 2.45 bits per heavy atom. The number of nitrogens with zero attached hydrogens (tertiary/aromatic N) is 3. The Bertz CT molecular complexity index is 1360. The lowest BCUT2D eigenvalue weighted by Crippen LogP contribution is -2.50. The van der Waals surface area contributed by atoms with Crippen LogP contribution in [0.15, 0.2) is 40.2 Å². The second kappa shape index (κ2) is 20.1. The number of carbonyl (C=O) groups excluding carboxylic acids is 1. The first-order valence-electron chi connectivity index (χ1n) is 16.8. The maximum absolute atomic E-state index is 13.6. The second-order valence-electron chi connectivity index (χ2n) is 14.2. The molecule has 3 atom stereocenters. The fourth-order valence-electron chi connectivity index (χ4n) is 5.08. The van der Waals surface area contributed by atoms with Gasteiger partial charge in [-0.15, -0.1) is 0 Å². The van der Waals surface area contributed by atoms with Crippen LogP contribution in [0.2, 0.25) is 0 Å². The van der Waals surface area contributed by atoms with Crippen molar-refractivity contribution in [1.29, 1.82) is 0 Å². The van der Waals surface area contributed by atoms with Crippen molar-refractivity contribution < 1.29 is 18.3 Å². The van der Waals surface area contributed by atoms with Gasteiger partial charge in [0.1, 0.15) is 18.7 Å². The highest BCUT2D eigenvalue weighted by Crippen LogP contribution is 2.21.